The number of hydrogen-bond acceptors (Lipinski definition) is 5. The van der Waals surface area contributed by atoms with Gasteiger partial charge in [0.15, 0.2) is 5.78 Å². The van der Waals surface area contributed by atoms with E-state index in [4.69, 9.17) is 4.74 Å². The van der Waals surface area contributed by atoms with Gasteiger partial charge in [0.05, 0.1) is 7.11 Å². The topological polar surface area (TPSA) is 71.5 Å². The zero-order valence-corrected chi connectivity index (χ0v) is 24.3. The van der Waals surface area contributed by atoms with Crippen molar-refractivity contribution in [3.8, 4) is 5.75 Å². The number of aromatic nitrogens is 1. The molecule has 0 spiro atoms. The molecule has 0 saturated heterocycles. The summed E-state index contributed by atoms with van der Waals surface area (Å²) in [5.74, 6) is 1.65. The summed E-state index contributed by atoms with van der Waals surface area (Å²) in [4.78, 5) is 32.8. The van der Waals surface area contributed by atoms with Gasteiger partial charge in [-0.1, -0.05) is 25.1 Å². The molecule has 5 rings (SSSR count). The predicted molar refractivity (Wildman–Crippen MR) is 160 cm³/mol. The van der Waals surface area contributed by atoms with Gasteiger partial charge < -0.3 is 15.0 Å². The summed E-state index contributed by atoms with van der Waals surface area (Å²) < 4.78 is 5.48. The second kappa shape index (κ2) is 12.9. The van der Waals surface area contributed by atoms with Crippen LogP contribution in [-0.2, 0) is 12.8 Å². The van der Waals surface area contributed by atoms with E-state index >= 15 is 0 Å². The van der Waals surface area contributed by atoms with E-state index in [-0.39, 0.29) is 17.7 Å². The number of rotatable bonds is 9. The minimum Gasteiger partial charge on any atom is -0.494 e. The average molecular weight is 542 g/mol. The molecule has 1 N–H and O–H groups in total. The van der Waals surface area contributed by atoms with Gasteiger partial charge in [-0.25, -0.2) is 4.98 Å². The number of carbonyl (C=O) groups excluding carboxylic acids is 2. The Morgan fingerprint density at radius 3 is 2.52 bits per heavy atom. The highest BCUT2D eigenvalue weighted by Gasteiger charge is 2.25. The number of Topliss-reactive ketones (excluding diaryl/α,β-unsaturated/α-hetero) is 1. The van der Waals surface area contributed by atoms with Crippen LogP contribution in [0.25, 0.3) is 10.9 Å². The number of hydrogen-bond donors (Lipinski definition) is 1. The maximum atomic E-state index is 13.2. The molecule has 2 aromatic carbocycles. The summed E-state index contributed by atoms with van der Waals surface area (Å²) in [6.07, 6.45) is 9.21. The number of aryl methyl sites for hydroxylation is 1. The van der Waals surface area contributed by atoms with Crippen molar-refractivity contribution < 1.29 is 14.3 Å². The highest BCUT2D eigenvalue weighted by molar-refractivity contribution is 6.07. The number of nitrogens with one attached hydrogen (secondary N) is 1. The number of fused-ring (bicyclic) bond motifs is 2. The molecule has 1 aliphatic carbocycles. The third-order valence-corrected chi connectivity index (χ3v) is 8.86. The Labute approximate surface area is 238 Å². The van der Waals surface area contributed by atoms with Crippen molar-refractivity contribution in [1.82, 2.24) is 15.2 Å². The van der Waals surface area contributed by atoms with Crippen LogP contribution in [-0.4, -0.2) is 54.4 Å². The minimum absolute atomic E-state index is 0.0227. The van der Waals surface area contributed by atoms with E-state index in [9.17, 15) is 9.59 Å². The normalized spacial score (nSPS) is 19.6. The molecule has 1 amide bonds. The molecule has 1 aliphatic heterocycles. The van der Waals surface area contributed by atoms with E-state index in [1.54, 1.807) is 7.11 Å². The molecule has 2 aliphatic rings. The molecular weight excluding hydrogens is 498 g/mol. The van der Waals surface area contributed by atoms with E-state index in [0.29, 0.717) is 23.7 Å². The second-order valence-electron chi connectivity index (χ2n) is 11.6. The largest absolute Gasteiger partial charge is 0.494 e. The third-order valence-electron chi connectivity index (χ3n) is 8.86. The van der Waals surface area contributed by atoms with Crippen molar-refractivity contribution in [3.63, 3.8) is 0 Å². The molecule has 2 heterocycles. The van der Waals surface area contributed by atoms with Gasteiger partial charge in [0.1, 0.15) is 11.3 Å². The summed E-state index contributed by atoms with van der Waals surface area (Å²) in [7, 11) is 1.63. The highest BCUT2D eigenvalue weighted by Crippen LogP contribution is 2.30. The van der Waals surface area contributed by atoms with Crippen LogP contribution in [0.2, 0.25) is 0 Å². The Balaban J connectivity index is 1.09. The number of methoxy groups -OCH3 is 1. The Morgan fingerprint density at radius 1 is 1.00 bits per heavy atom. The van der Waals surface area contributed by atoms with Gasteiger partial charge in [0.2, 0.25) is 0 Å². The first-order chi connectivity index (χ1) is 19.4. The Morgan fingerprint density at radius 2 is 1.77 bits per heavy atom. The standard InChI is InChI=1S/C34H43N3O3/c1-4-5-31(38)27-10-9-25-17-20-37(21-18-26(25)22-27)19-16-24-7-11-28(12-8-24)36-34(39)30-14-15-32(40-3)33-29(30)13-6-23(2)35-33/h6,9-10,13-15,22,24,28H,4-5,7-8,11-12,16-21H2,1-3H3,(H,36,39). The fourth-order valence-electron chi connectivity index (χ4n) is 6.42. The highest BCUT2D eigenvalue weighted by atomic mass is 16.5. The first-order valence-electron chi connectivity index (χ1n) is 15.1. The van der Waals surface area contributed by atoms with Crippen LogP contribution < -0.4 is 10.1 Å². The summed E-state index contributed by atoms with van der Waals surface area (Å²) in [5.41, 5.74) is 5.94. The van der Waals surface area contributed by atoms with Crippen molar-refractivity contribution in [1.29, 1.82) is 0 Å². The fraction of sp³-hybridized carbons (Fsp3) is 0.500. The van der Waals surface area contributed by atoms with Crippen LogP contribution in [0.3, 0.4) is 0 Å². The Hall–Kier alpha value is -3.25. The third kappa shape index (κ3) is 6.55. The number of ether oxygens (including phenoxy) is 1. The van der Waals surface area contributed by atoms with Crippen LogP contribution in [0.15, 0.2) is 42.5 Å². The first kappa shape index (κ1) is 28.3. The van der Waals surface area contributed by atoms with Crippen LogP contribution >= 0.6 is 0 Å². The minimum atomic E-state index is -0.0227. The van der Waals surface area contributed by atoms with Crippen LogP contribution in [0.4, 0.5) is 0 Å². The summed E-state index contributed by atoms with van der Waals surface area (Å²) >= 11 is 0. The lowest BCUT2D eigenvalue weighted by Gasteiger charge is -2.31. The van der Waals surface area contributed by atoms with E-state index in [1.807, 2.05) is 37.3 Å². The molecule has 1 saturated carbocycles. The molecule has 0 unspecified atom stereocenters. The number of nitrogens with zero attached hydrogens (tertiary/aromatic N) is 2. The lowest BCUT2D eigenvalue weighted by Crippen LogP contribution is -2.38. The zero-order valence-electron chi connectivity index (χ0n) is 24.3. The molecule has 0 radical (unpaired) electrons. The summed E-state index contributed by atoms with van der Waals surface area (Å²) in [6, 6.07) is 14.2. The Kier molecular flexibility index (Phi) is 9.15. The molecule has 40 heavy (non-hydrogen) atoms. The quantitative estimate of drug-likeness (QED) is 0.321. The number of benzene rings is 2. The maximum Gasteiger partial charge on any atom is 0.252 e. The summed E-state index contributed by atoms with van der Waals surface area (Å²) in [6.45, 7) is 7.29. The molecule has 6 heteroatoms. The smallest absolute Gasteiger partial charge is 0.252 e. The Bertz CT molecular complexity index is 1360. The van der Waals surface area contributed by atoms with Crippen molar-refractivity contribution in [2.45, 2.75) is 77.7 Å². The zero-order chi connectivity index (χ0) is 28.1. The van der Waals surface area contributed by atoms with Crippen LogP contribution in [0, 0.1) is 12.8 Å². The molecule has 1 fully saturated rings. The SMILES string of the molecule is CCCC(=O)c1ccc2c(c1)CCN(CCC1CCC(NC(=O)c3ccc(OC)c4nc(C)ccc34)CC1)CC2. The number of ketones is 1. The summed E-state index contributed by atoms with van der Waals surface area (Å²) in [5, 5.41) is 4.14. The van der Waals surface area contributed by atoms with E-state index in [0.717, 1.165) is 86.7 Å². The maximum absolute atomic E-state index is 13.2. The molecular formula is C34H43N3O3. The number of carbonyl (C=O) groups is 2. The molecule has 3 aromatic rings. The second-order valence-corrected chi connectivity index (χ2v) is 11.6. The van der Waals surface area contributed by atoms with Crippen molar-refractivity contribution in [2.75, 3.05) is 26.7 Å². The molecule has 0 bridgehead atoms. The van der Waals surface area contributed by atoms with Crippen LogP contribution in [0.1, 0.15) is 89.4 Å². The molecule has 0 atom stereocenters. The lowest BCUT2D eigenvalue weighted by atomic mass is 9.84. The molecule has 212 valence electrons. The van der Waals surface area contributed by atoms with E-state index in [2.05, 4.69) is 34.3 Å². The van der Waals surface area contributed by atoms with Gasteiger partial charge in [-0.2, -0.15) is 0 Å². The first-order valence-corrected chi connectivity index (χ1v) is 15.1. The number of pyridine rings is 1. The van der Waals surface area contributed by atoms with Gasteiger partial charge in [-0.05, 0) is 106 Å². The van der Waals surface area contributed by atoms with Gasteiger partial charge in [0, 0.05) is 47.8 Å². The van der Waals surface area contributed by atoms with Gasteiger partial charge in [0.25, 0.3) is 5.91 Å². The van der Waals surface area contributed by atoms with E-state index in [1.165, 1.54) is 17.5 Å². The van der Waals surface area contributed by atoms with Crippen LogP contribution in [0.5, 0.6) is 5.75 Å². The fourth-order valence-corrected chi connectivity index (χ4v) is 6.42. The van der Waals surface area contributed by atoms with Gasteiger partial charge >= 0.3 is 0 Å². The predicted octanol–water partition coefficient (Wildman–Crippen LogP) is 6.31. The number of amides is 1. The van der Waals surface area contributed by atoms with Gasteiger partial charge in [-0.15, -0.1) is 0 Å². The molecule has 6 nitrogen and oxygen atoms in total. The lowest BCUT2D eigenvalue weighted by molar-refractivity contribution is 0.0920. The van der Waals surface area contributed by atoms with Crippen molar-refractivity contribution >= 4 is 22.6 Å². The average Bonchev–Trinajstić information content (AvgIpc) is 3.18. The van der Waals surface area contributed by atoms with E-state index < -0.39 is 0 Å². The molecule has 1 aromatic heterocycles. The van der Waals surface area contributed by atoms with Crippen molar-refractivity contribution in [2.24, 2.45) is 5.92 Å². The van der Waals surface area contributed by atoms with Crippen molar-refractivity contribution in [3.05, 3.63) is 70.4 Å². The van der Waals surface area contributed by atoms with Gasteiger partial charge in [-0.3, -0.25) is 9.59 Å². The monoisotopic (exact) mass is 541 g/mol.